The molecule has 0 saturated heterocycles. The summed E-state index contributed by atoms with van der Waals surface area (Å²) < 4.78 is 0.996. The Morgan fingerprint density at radius 1 is 0.960 bits per heavy atom. The summed E-state index contributed by atoms with van der Waals surface area (Å²) in [5.41, 5.74) is 2.65. The van der Waals surface area contributed by atoms with Crippen molar-refractivity contribution in [3.05, 3.63) is 82.9 Å². The Kier molecular flexibility index (Phi) is 8.50. The van der Waals surface area contributed by atoms with Crippen LogP contribution in [0.4, 0.5) is 0 Å². The molecule has 2 atom stereocenters. The molecular weight excluding hydrogens is 392 g/mol. The van der Waals surface area contributed by atoms with E-state index < -0.39 is 0 Å². The van der Waals surface area contributed by atoms with Crippen molar-refractivity contribution in [2.75, 3.05) is 0 Å². The maximum absolute atomic E-state index is 11.8. The molecule has 132 valence electrons. The SMILES string of the molecule is C=C(Br)[C@H](CCc1ccccc1)[C@@H](CCc1ccccc1)SC(C)=O. The molecule has 3 heteroatoms. The highest BCUT2D eigenvalue weighted by Gasteiger charge is 2.25. The van der Waals surface area contributed by atoms with Gasteiger partial charge in [0, 0.05) is 18.1 Å². The van der Waals surface area contributed by atoms with Crippen LogP contribution in [0.25, 0.3) is 0 Å². The maximum Gasteiger partial charge on any atom is 0.186 e. The highest BCUT2D eigenvalue weighted by Crippen LogP contribution is 2.35. The quantitative estimate of drug-likeness (QED) is 0.468. The highest BCUT2D eigenvalue weighted by molar-refractivity contribution is 9.11. The zero-order valence-corrected chi connectivity index (χ0v) is 17.1. The van der Waals surface area contributed by atoms with Gasteiger partial charge in [0.2, 0.25) is 0 Å². The van der Waals surface area contributed by atoms with E-state index in [0.717, 1.165) is 30.2 Å². The van der Waals surface area contributed by atoms with Crippen LogP contribution in [0.1, 0.15) is 30.9 Å². The summed E-state index contributed by atoms with van der Waals surface area (Å²) in [5.74, 6) is 0.276. The fourth-order valence-electron chi connectivity index (χ4n) is 3.02. The lowest BCUT2D eigenvalue weighted by molar-refractivity contribution is -0.109. The van der Waals surface area contributed by atoms with Crippen LogP contribution in [0.3, 0.4) is 0 Å². The summed E-state index contributed by atoms with van der Waals surface area (Å²) in [6.07, 6.45) is 3.94. The average molecular weight is 417 g/mol. The Hall–Kier alpha value is -1.32. The van der Waals surface area contributed by atoms with Crippen molar-refractivity contribution in [1.82, 2.24) is 0 Å². The number of rotatable bonds is 9. The number of allylic oxidation sites excluding steroid dienone is 1. The van der Waals surface area contributed by atoms with E-state index in [-0.39, 0.29) is 16.3 Å². The lowest BCUT2D eigenvalue weighted by atomic mass is 9.93. The number of carbonyl (C=O) groups is 1. The molecule has 0 N–H and O–H groups in total. The van der Waals surface area contributed by atoms with Crippen LogP contribution in [0.5, 0.6) is 0 Å². The predicted molar refractivity (Wildman–Crippen MR) is 113 cm³/mol. The molecule has 2 rings (SSSR count). The lowest BCUT2D eigenvalue weighted by Gasteiger charge is -2.26. The largest absolute Gasteiger partial charge is 0.288 e. The topological polar surface area (TPSA) is 17.1 Å². The Labute approximate surface area is 164 Å². The van der Waals surface area contributed by atoms with Crippen molar-refractivity contribution < 1.29 is 4.79 Å². The summed E-state index contributed by atoms with van der Waals surface area (Å²) in [4.78, 5) is 11.8. The van der Waals surface area contributed by atoms with E-state index in [1.54, 1.807) is 6.92 Å². The first-order chi connectivity index (χ1) is 12.1. The van der Waals surface area contributed by atoms with Crippen molar-refractivity contribution >= 4 is 32.8 Å². The molecule has 0 fully saturated rings. The second kappa shape index (κ2) is 10.6. The molecule has 0 heterocycles. The molecule has 0 aliphatic rings. The van der Waals surface area contributed by atoms with Gasteiger partial charge in [0.05, 0.1) is 0 Å². The minimum atomic E-state index is 0.177. The van der Waals surface area contributed by atoms with E-state index in [4.69, 9.17) is 0 Å². The number of halogens is 1. The smallest absolute Gasteiger partial charge is 0.186 e. The molecule has 25 heavy (non-hydrogen) atoms. The van der Waals surface area contributed by atoms with Crippen LogP contribution in [-0.4, -0.2) is 10.4 Å². The summed E-state index contributed by atoms with van der Waals surface area (Å²) in [6, 6.07) is 21.0. The summed E-state index contributed by atoms with van der Waals surface area (Å²) in [7, 11) is 0. The van der Waals surface area contributed by atoms with Crippen LogP contribution in [0, 0.1) is 5.92 Å². The zero-order chi connectivity index (χ0) is 18.1. The normalized spacial score (nSPS) is 13.2. The van der Waals surface area contributed by atoms with Gasteiger partial charge in [-0.15, -0.1) is 0 Å². The molecule has 0 spiro atoms. The third kappa shape index (κ3) is 7.21. The Morgan fingerprint density at radius 2 is 1.44 bits per heavy atom. The second-order valence-corrected chi connectivity index (χ2v) is 8.68. The van der Waals surface area contributed by atoms with Crippen LogP contribution >= 0.6 is 27.7 Å². The first-order valence-corrected chi connectivity index (χ1v) is 10.3. The van der Waals surface area contributed by atoms with Crippen LogP contribution in [0.15, 0.2) is 71.7 Å². The van der Waals surface area contributed by atoms with Crippen molar-refractivity contribution in [2.45, 2.75) is 37.9 Å². The van der Waals surface area contributed by atoms with E-state index in [1.807, 2.05) is 12.1 Å². The van der Waals surface area contributed by atoms with Crippen molar-refractivity contribution in [2.24, 2.45) is 5.92 Å². The van der Waals surface area contributed by atoms with Gasteiger partial charge < -0.3 is 0 Å². The van der Waals surface area contributed by atoms with Gasteiger partial charge in [-0.2, -0.15) is 0 Å². The molecule has 2 aromatic carbocycles. The standard InChI is InChI=1S/C22H25BrOS/c1-17(23)21(15-13-19-9-5-3-6-10-19)22(25-18(2)24)16-14-20-11-7-4-8-12-20/h3-12,21-22H,1,13-16H2,2H3/t21-,22+/m0/s1. The first-order valence-electron chi connectivity index (χ1n) is 8.65. The van der Waals surface area contributed by atoms with Crippen LogP contribution < -0.4 is 0 Å². The van der Waals surface area contributed by atoms with Gasteiger partial charge in [0.1, 0.15) is 0 Å². The minimum Gasteiger partial charge on any atom is -0.288 e. The lowest BCUT2D eigenvalue weighted by Crippen LogP contribution is -2.21. The van der Waals surface area contributed by atoms with E-state index in [1.165, 1.54) is 22.9 Å². The Balaban J connectivity index is 2.04. The number of hydrogen-bond donors (Lipinski definition) is 0. The maximum atomic E-state index is 11.8. The van der Waals surface area contributed by atoms with Crippen molar-refractivity contribution in [3.63, 3.8) is 0 Å². The van der Waals surface area contributed by atoms with Crippen LogP contribution in [0.2, 0.25) is 0 Å². The molecule has 0 radical (unpaired) electrons. The minimum absolute atomic E-state index is 0.177. The summed E-state index contributed by atoms with van der Waals surface area (Å²) in [6.45, 7) is 5.80. The number of hydrogen-bond acceptors (Lipinski definition) is 2. The molecule has 1 nitrogen and oxygen atoms in total. The van der Waals surface area contributed by atoms with Crippen molar-refractivity contribution in [1.29, 1.82) is 0 Å². The highest BCUT2D eigenvalue weighted by atomic mass is 79.9. The summed E-state index contributed by atoms with van der Waals surface area (Å²) in [5, 5.41) is 0.421. The number of benzene rings is 2. The molecule has 0 aliphatic carbocycles. The van der Waals surface area contributed by atoms with E-state index >= 15 is 0 Å². The van der Waals surface area contributed by atoms with Gasteiger partial charge in [-0.05, 0) is 41.3 Å². The van der Waals surface area contributed by atoms with E-state index in [2.05, 4.69) is 71.0 Å². The molecule has 0 amide bonds. The second-order valence-electron chi connectivity index (χ2n) is 6.25. The third-order valence-corrected chi connectivity index (χ3v) is 6.10. The van der Waals surface area contributed by atoms with Crippen LogP contribution in [-0.2, 0) is 17.6 Å². The fraction of sp³-hybridized carbons (Fsp3) is 0.318. The molecule has 0 saturated carbocycles. The molecule has 2 aromatic rings. The predicted octanol–water partition coefficient (Wildman–Crippen LogP) is 6.43. The van der Waals surface area contributed by atoms with Gasteiger partial charge in [-0.3, -0.25) is 4.79 Å². The van der Waals surface area contributed by atoms with Gasteiger partial charge in [-0.1, -0.05) is 94.9 Å². The molecule has 0 aliphatic heterocycles. The first kappa shape index (κ1) is 20.0. The molecule has 0 bridgehead atoms. The Morgan fingerprint density at radius 3 is 1.88 bits per heavy atom. The molecular formula is C22H25BrOS. The zero-order valence-electron chi connectivity index (χ0n) is 14.7. The molecule has 0 aromatic heterocycles. The number of carbonyl (C=O) groups excluding carboxylic acids is 1. The van der Waals surface area contributed by atoms with E-state index in [0.29, 0.717) is 0 Å². The number of aryl methyl sites for hydroxylation is 2. The van der Waals surface area contributed by atoms with Gasteiger partial charge in [0.15, 0.2) is 5.12 Å². The third-order valence-electron chi connectivity index (χ3n) is 4.32. The van der Waals surface area contributed by atoms with Gasteiger partial charge in [0.25, 0.3) is 0 Å². The monoisotopic (exact) mass is 416 g/mol. The number of thioether (sulfide) groups is 1. The average Bonchev–Trinajstić information content (AvgIpc) is 2.60. The van der Waals surface area contributed by atoms with Crippen molar-refractivity contribution in [3.8, 4) is 0 Å². The summed E-state index contributed by atoms with van der Waals surface area (Å²) >= 11 is 5.07. The molecule has 0 unspecified atom stereocenters. The van der Waals surface area contributed by atoms with Gasteiger partial charge >= 0.3 is 0 Å². The van der Waals surface area contributed by atoms with E-state index in [9.17, 15) is 4.79 Å². The fourth-order valence-corrected chi connectivity index (χ4v) is 4.87. The van der Waals surface area contributed by atoms with Gasteiger partial charge in [-0.25, -0.2) is 0 Å². The Bertz CT molecular complexity index is 669.